The normalized spacial score (nSPS) is 13.7. The molecule has 1 aliphatic heterocycles. The van der Waals surface area contributed by atoms with Gasteiger partial charge in [-0.15, -0.1) is 0 Å². The monoisotopic (exact) mass is 706 g/mol. The smallest absolute Gasteiger partial charge is 0.324 e. The third-order valence-corrected chi connectivity index (χ3v) is 9.06. The fraction of sp³-hybridized carbons (Fsp3) is 0.282. The van der Waals surface area contributed by atoms with Crippen molar-refractivity contribution in [3.63, 3.8) is 0 Å². The van der Waals surface area contributed by atoms with E-state index < -0.39 is 11.4 Å². The lowest BCUT2D eigenvalue weighted by Crippen LogP contribution is -2.38. The van der Waals surface area contributed by atoms with Crippen LogP contribution in [0, 0.1) is 28.6 Å². The van der Waals surface area contributed by atoms with E-state index in [0.29, 0.717) is 35.1 Å². The summed E-state index contributed by atoms with van der Waals surface area (Å²) >= 11 is 1.49. The first-order valence-corrected chi connectivity index (χ1v) is 17.6. The van der Waals surface area contributed by atoms with Crippen LogP contribution in [0.3, 0.4) is 0 Å². The second-order valence-corrected chi connectivity index (χ2v) is 14.4. The minimum atomic E-state index is -0.444. The summed E-state index contributed by atoms with van der Waals surface area (Å²) < 4.78 is 12.9. The number of amides is 2. The van der Waals surface area contributed by atoms with E-state index in [1.54, 1.807) is 22.9 Å². The van der Waals surface area contributed by atoms with E-state index in [1.165, 1.54) is 11.8 Å². The fourth-order valence-electron chi connectivity index (χ4n) is 5.00. The maximum absolute atomic E-state index is 13.0. The van der Waals surface area contributed by atoms with E-state index in [4.69, 9.17) is 25.7 Å². The highest BCUT2D eigenvalue weighted by atomic mass is 32.2. The number of hydrogen-bond acceptors (Lipinski definition) is 9. The van der Waals surface area contributed by atoms with Crippen LogP contribution in [0.1, 0.15) is 31.9 Å². The number of allylic oxidation sites excluding steroid dienone is 1. The molecule has 1 fully saturated rings. The van der Waals surface area contributed by atoms with Crippen LogP contribution in [-0.2, 0) is 4.74 Å². The van der Waals surface area contributed by atoms with Crippen LogP contribution < -0.4 is 26.2 Å². The molecule has 2 amide bonds. The molecule has 51 heavy (non-hydrogen) atoms. The maximum atomic E-state index is 13.0. The Hall–Kier alpha value is -5.17. The van der Waals surface area contributed by atoms with Crippen molar-refractivity contribution in [2.45, 2.75) is 37.5 Å². The van der Waals surface area contributed by atoms with Crippen molar-refractivity contribution >= 4 is 40.7 Å². The van der Waals surface area contributed by atoms with Gasteiger partial charge in [-0.3, -0.25) is 25.6 Å². The second-order valence-electron chi connectivity index (χ2n) is 13.2. The average molecular weight is 707 g/mol. The van der Waals surface area contributed by atoms with Crippen molar-refractivity contribution in [2.75, 3.05) is 50.1 Å². The SMILES string of the molecule is Cc1ccc(N/C(=C\C(=N)C(C)(C)C)NC(=O)Nc2ccc(Sc3ccc(=N)n(C(=N)c4cccc(OCCN5CCOCC5)c4)c3)cc2)cc1. The molecular weight excluding hydrogens is 661 g/mol. The van der Waals surface area contributed by atoms with E-state index in [9.17, 15) is 4.79 Å². The zero-order valence-corrected chi connectivity index (χ0v) is 30.3. The molecule has 266 valence electrons. The van der Waals surface area contributed by atoms with E-state index in [2.05, 4.69) is 20.9 Å². The number of morpholine rings is 1. The Bertz CT molecular complexity index is 1930. The molecule has 2 heterocycles. The average Bonchev–Trinajstić information content (AvgIpc) is 3.11. The Morgan fingerprint density at radius 2 is 1.59 bits per heavy atom. The standard InChI is InChI=1S/C39H46N8O3S/c1-27-8-10-29(11-9-27)43-36(25-34(40)39(2,3)4)45-38(48)44-30-12-14-32(15-13-30)51-33-16-17-35(41)47(26-33)37(42)28-6-5-7-31(24-28)50-23-20-46-18-21-49-22-19-46/h5-17,24-26,40-43H,18-23H2,1-4H3,(H2,44,45,48)/b36-25+,40-34?,41-35?,42-37?. The van der Waals surface area contributed by atoms with Gasteiger partial charge in [0.25, 0.3) is 0 Å². The molecule has 0 atom stereocenters. The molecule has 0 aliphatic carbocycles. The minimum Gasteiger partial charge on any atom is -0.492 e. The number of aryl methyl sites for hydroxylation is 1. The summed E-state index contributed by atoms with van der Waals surface area (Å²) in [7, 11) is 0. The number of anilines is 2. The Balaban J connectivity index is 1.20. The van der Waals surface area contributed by atoms with Gasteiger partial charge >= 0.3 is 6.03 Å². The van der Waals surface area contributed by atoms with Crippen LogP contribution in [0.15, 0.2) is 113 Å². The first kappa shape index (κ1) is 37.1. The van der Waals surface area contributed by atoms with Crippen molar-refractivity contribution in [1.29, 1.82) is 16.2 Å². The quantitative estimate of drug-likeness (QED) is 0.0680. The van der Waals surface area contributed by atoms with E-state index in [-0.39, 0.29) is 11.3 Å². The lowest BCUT2D eigenvalue weighted by molar-refractivity contribution is 0.0322. The molecule has 1 aliphatic rings. The summed E-state index contributed by atoms with van der Waals surface area (Å²) in [6.45, 7) is 12.5. The second kappa shape index (κ2) is 17.2. The largest absolute Gasteiger partial charge is 0.492 e. The Morgan fingerprint density at radius 1 is 0.922 bits per heavy atom. The number of urea groups is 1. The number of nitrogens with zero attached hydrogens (tertiary/aromatic N) is 2. The number of hydrogen-bond donors (Lipinski definition) is 6. The number of ether oxygens (including phenoxy) is 2. The molecule has 11 nitrogen and oxygen atoms in total. The molecule has 0 saturated carbocycles. The number of carbonyl (C=O) groups is 1. The van der Waals surface area contributed by atoms with Gasteiger partial charge in [-0.2, -0.15) is 0 Å². The first-order chi connectivity index (χ1) is 24.4. The summed E-state index contributed by atoms with van der Waals surface area (Å²) in [6, 6.07) is 25.7. The van der Waals surface area contributed by atoms with Gasteiger partial charge in [0.05, 0.1) is 13.2 Å². The molecule has 1 saturated heterocycles. The highest BCUT2D eigenvalue weighted by Gasteiger charge is 2.17. The number of pyridine rings is 1. The highest BCUT2D eigenvalue weighted by Crippen LogP contribution is 2.28. The Morgan fingerprint density at radius 3 is 2.29 bits per heavy atom. The van der Waals surface area contributed by atoms with Crippen molar-refractivity contribution in [1.82, 2.24) is 14.8 Å². The molecule has 0 unspecified atom stereocenters. The van der Waals surface area contributed by atoms with Gasteiger partial charge in [-0.05, 0) is 67.6 Å². The molecule has 4 aromatic rings. The zero-order chi connectivity index (χ0) is 36.4. The predicted octanol–water partition coefficient (Wildman–Crippen LogP) is 7.15. The summed E-state index contributed by atoms with van der Waals surface area (Å²) in [5, 5.41) is 34.8. The van der Waals surface area contributed by atoms with Gasteiger partial charge < -0.3 is 25.5 Å². The van der Waals surface area contributed by atoms with Crippen LogP contribution >= 0.6 is 11.8 Å². The summed E-state index contributed by atoms with van der Waals surface area (Å²) in [5.41, 5.74) is 3.33. The van der Waals surface area contributed by atoms with Gasteiger partial charge in [0.1, 0.15) is 29.5 Å². The molecule has 12 heteroatoms. The fourth-order valence-corrected chi connectivity index (χ4v) is 5.84. The number of rotatable bonds is 12. The van der Waals surface area contributed by atoms with Gasteiger partial charge in [-0.1, -0.05) is 62.4 Å². The van der Waals surface area contributed by atoms with Crippen LogP contribution in [0.4, 0.5) is 16.2 Å². The van der Waals surface area contributed by atoms with Crippen molar-refractivity contribution in [3.8, 4) is 5.75 Å². The number of aromatic nitrogens is 1. The maximum Gasteiger partial charge on any atom is 0.324 e. The first-order valence-electron chi connectivity index (χ1n) is 16.8. The number of nitrogens with one attached hydrogen (secondary N) is 6. The predicted molar refractivity (Wildman–Crippen MR) is 204 cm³/mol. The van der Waals surface area contributed by atoms with E-state index >= 15 is 0 Å². The van der Waals surface area contributed by atoms with Crippen LogP contribution in [0.25, 0.3) is 0 Å². The molecule has 1 aromatic heterocycles. The minimum absolute atomic E-state index is 0.176. The third-order valence-electron chi connectivity index (χ3n) is 8.07. The zero-order valence-electron chi connectivity index (χ0n) is 29.5. The van der Waals surface area contributed by atoms with Crippen molar-refractivity contribution < 1.29 is 14.3 Å². The van der Waals surface area contributed by atoms with Crippen LogP contribution in [0.5, 0.6) is 5.75 Å². The lowest BCUT2D eigenvalue weighted by Gasteiger charge is -2.26. The van der Waals surface area contributed by atoms with Crippen molar-refractivity contribution in [3.05, 3.63) is 120 Å². The molecule has 0 radical (unpaired) electrons. The Labute approximate surface area is 303 Å². The number of carbonyl (C=O) groups excluding carboxylic acids is 1. The van der Waals surface area contributed by atoms with E-state index in [0.717, 1.165) is 53.9 Å². The van der Waals surface area contributed by atoms with Crippen LogP contribution in [0.2, 0.25) is 0 Å². The molecule has 3 aromatic carbocycles. The van der Waals surface area contributed by atoms with E-state index in [1.807, 2.05) is 107 Å². The van der Waals surface area contributed by atoms with Gasteiger partial charge in [-0.25, -0.2) is 4.79 Å². The lowest BCUT2D eigenvalue weighted by atomic mass is 9.90. The van der Waals surface area contributed by atoms with Gasteiger partial charge in [0.2, 0.25) is 0 Å². The topological polar surface area (TPSA) is 151 Å². The number of benzene rings is 3. The Kier molecular flexibility index (Phi) is 12.5. The van der Waals surface area contributed by atoms with Crippen LogP contribution in [-0.4, -0.2) is 66.5 Å². The molecule has 5 rings (SSSR count). The highest BCUT2D eigenvalue weighted by molar-refractivity contribution is 7.99. The molecule has 0 spiro atoms. The summed E-state index contributed by atoms with van der Waals surface area (Å²) in [5.74, 6) is 1.25. The molecule has 6 N–H and O–H groups in total. The van der Waals surface area contributed by atoms with Gasteiger partial charge in [0.15, 0.2) is 0 Å². The summed E-state index contributed by atoms with van der Waals surface area (Å²) in [4.78, 5) is 17.1. The summed E-state index contributed by atoms with van der Waals surface area (Å²) in [6.07, 6.45) is 3.41. The molecule has 0 bridgehead atoms. The molecular formula is C39H46N8O3S. The van der Waals surface area contributed by atoms with Gasteiger partial charge in [0, 0.05) is 69.8 Å². The van der Waals surface area contributed by atoms with Crippen molar-refractivity contribution in [2.24, 2.45) is 5.41 Å². The third kappa shape index (κ3) is 11.2.